The van der Waals surface area contributed by atoms with Gasteiger partial charge in [-0.15, -0.1) is 0 Å². The average Bonchev–Trinajstić information content (AvgIpc) is 2.60. The third-order valence-electron chi connectivity index (χ3n) is 4.41. The molecule has 1 heterocycles. The smallest absolute Gasteiger partial charge is 0.408 e. The number of nitrogens with one attached hydrogen (secondary N) is 1. The van der Waals surface area contributed by atoms with Crippen molar-refractivity contribution in [2.75, 3.05) is 6.54 Å². The predicted molar refractivity (Wildman–Crippen MR) is 105 cm³/mol. The standard InChI is InChI=1S/C20H27ClN2O5/c1-20(2,3)28-19(27)22-15(12-13-7-9-14(21)10-8-13)17(24)23-11-5-4-6-16(23)18(25)26/h7-10,15-16H,4-6,11-12H2,1-3H3,(H,22,27)(H,25,26). The van der Waals surface area contributed by atoms with Gasteiger partial charge in [0, 0.05) is 18.0 Å². The molecule has 0 spiro atoms. The van der Waals surface area contributed by atoms with Crippen molar-refractivity contribution in [3.63, 3.8) is 0 Å². The zero-order chi connectivity index (χ0) is 20.9. The van der Waals surface area contributed by atoms with Crippen LogP contribution in [0.5, 0.6) is 0 Å². The molecule has 1 fully saturated rings. The first-order valence-corrected chi connectivity index (χ1v) is 9.72. The zero-order valence-corrected chi connectivity index (χ0v) is 17.2. The second-order valence-corrected chi connectivity index (χ2v) is 8.35. The molecule has 0 saturated carbocycles. The average molecular weight is 411 g/mol. The molecule has 0 aliphatic carbocycles. The Kier molecular flexibility index (Phi) is 7.29. The molecule has 2 amide bonds. The number of carboxylic acids is 1. The lowest BCUT2D eigenvalue weighted by atomic mass is 9.99. The van der Waals surface area contributed by atoms with Crippen LogP contribution in [0, 0.1) is 0 Å². The normalized spacial score (nSPS) is 18.3. The highest BCUT2D eigenvalue weighted by Gasteiger charge is 2.36. The van der Waals surface area contributed by atoms with Crippen molar-refractivity contribution < 1.29 is 24.2 Å². The molecule has 1 aliphatic heterocycles. The van der Waals surface area contributed by atoms with Gasteiger partial charge in [0.2, 0.25) is 5.91 Å². The number of nitrogens with zero attached hydrogens (tertiary/aromatic N) is 1. The fraction of sp³-hybridized carbons (Fsp3) is 0.550. The molecule has 7 nitrogen and oxygen atoms in total. The summed E-state index contributed by atoms with van der Waals surface area (Å²) in [5.41, 5.74) is 0.0786. The van der Waals surface area contributed by atoms with Gasteiger partial charge in [0.15, 0.2) is 0 Å². The van der Waals surface area contributed by atoms with E-state index in [-0.39, 0.29) is 6.42 Å². The van der Waals surface area contributed by atoms with Crippen molar-refractivity contribution in [2.24, 2.45) is 0 Å². The number of carbonyl (C=O) groups is 3. The number of aliphatic carboxylic acids is 1. The van der Waals surface area contributed by atoms with Crippen LogP contribution in [0.15, 0.2) is 24.3 Å². The van der Waals surface area contributed by atoms with Gasteiger partial charge < -0.3 is 20.1 Å². The number of carboxylic acid groups (broad SMARTS) is 1. The van der Waals surface area contributed by atoms with Crippen LogP contribution in [0.25, 0.3) is 0 Å². The molecule has 2 N–H and O–H groups in total. The van der Waals surface area contributed by atoms with Crippen LogP contribution in [0.2, 0.25) is 5.02 Å². The van der Waals surface area contributed by atoms with Crippen LogP contribution in [-0.4, -0.2) is 52.2 Å². The first-order chi connectivity index (χ1) is 13.1. The number of carbonyl (C=O) groups excluding carboxylic acids is 2. The summed E-state index contributed by atoms with van der Waals surface area (Å²) >= 11 is 5.91. The first-order valence-electron chi connectivity index (χ1n) is 9.34. The first kappa shape index (κ1) is 22.0. The van der Waals surface area contributed by atoms with E-state index in [4.69, 9.17) is 16.3 Å². The molecule has 2 rings (SSSR count). The molecule has 2 unspecified atom stereocenters. The van der Waals surface area contributed by atoms with Crippen molar-refractivity contribution in [3.05, 3.63) is 34.9 Å². The Morgan fingerprint density at radius 2 is 1.89 bits per heavy atom. The number of ether oxygens (including phenoxy) is 1. The Morgan fingerprint density at radius 1 is 1.25 bits per heavy atom. The molecule has 154 valence electrons. The maximum atomic E-state index is 13.2. The molecule has 0 aromatic heterocycles. The number of hydrogen-bond donors (Lipinski definition) is 2. The second kappa shape index (κ2) is 9.28. The van der Waals surface area contributed by atoms with Crippen LogP contribution < -0.4 is 5.32 Å². The van der Waals surface area contributed by atoms with Crippen LogP contribution in [0.4, 0.5) is 4.79 Å². The molecule has 2 atom stereocenters. The summed E-state index contributed by atoms with van der Waals surface area (Å²) in [7, 11) is 0. The zero-order valence-electron chi connectivity index (χ0n) is 16.4. The van der Waals surface area contributed by atoms with Gasteiger partial charge in [-0.05, 0) is 57.7 Å². The van der Waals surface area contributed by atoms with Crippen molar-refractivity contribution in [2.45, 2.75) is 64.1 Å². The summed E-state index contributed by atoms with van der Waals surface area (Å²) in [6.07, 6.45) is 1.38. The van der Waals surface area contributed by atoms with Crippen LogP contribution >= 0.6 is 11.6 Å². The Morgan fingerprint density at radius 3 is 2.46 bits per heavy atom. The summed E-state index contributed by atoms with van der Waals surface area (Å²) < 4.78 is 5.28. The number of hydrogen-bond acceptors (Lipinski definition) is 4. The molecule has 0 bridgehead atoms. The van der Waals surface area contributed by atoms with Gasteiger partial charge >= 0.3 is 12.1 Å². The molecule has 0 radical (unpaired) electrons. The number of amides is 2. The van der Waals surface area contributed by atoms with E-state index >= 15 is 0 Å². The predicted octanol–water partition coefficient (Wildman–Crippen LogP) is 3.24. The highest BCUT2D eigenvalue weighted by molar-refractivity contribution is 6.30. The maximum absolute atomic E-state index is 13.2. The summed E-state index contributed by atoms with van der Waals surface area (Å²) in [5, 5.41) is 12.7. The molecule has 1 aromatic rings. The molecule has 1 aliphatic rings. The molecule has 8 heteroatoms. The van der Waals surface area contributed by atoms with E-state index in [1.165, 1.54) is 4.90 Å². The van der Waals surface area contributed by atoms with Crippen LogP contribution in [-0.2, 0) is 20.7 Å². The molecule has 1 aromatic carbocycles. The number of rotatable bonds is 5. The van der Waals surface area contributed by atoms with E-state index < -0.39 is 35.7 Å². The minimum atomic E-state index is -1.03. The SMILES string of the molecule is CC(C)(C)OC(=O)NC(Cc1ccc(Cl)cc1)C(=O)N1CCCCC1C(=O)O. The lowest BCUT2D eigenvalue weighted by Gasteiger charge is -2.35. The minimum Gasteiger partial charge on any atom is -0.480 e. The maximum Gasteiger partial charge on any atom is 0.408 e. The van der Waals surface area contributed by atoms with Crippen LogP contribution in [0.1, 0.15) is 45.6 Å². The summed E-state index contributed by atoms with van der Waals surface area (Å²) in [6.45, 7) is 5.54. The third-order valence-corrected chi connectivity index (χ3v) is 4.67. The van der Waals surface area contributed by atoms with Crippen molar-refractivity contribution >= 4 is 29.6 Å². The van der Waals surface area contributed by atoms with Gasteiger partial charge in [0.25, 0.3) is 0 Å². The van der Waals surface area contributed by atoms with Gasteiger partial charge in [-0.3, -0.25) is 4.79 Å². The van der Waals surface area contributed by atoms with Gasteiger partial charge in [0.05, 0.1) is 0 Å². The number of alkyl carbamates (subject to hydrolysis) is 1. The number of piperidine rings is 1. The quantitative estimate of drug-likeness (QED) is 0.776. The fourth-order valence-electron chi connectivity index (χ4n) is 3.16. The summed E-state index contributed by atoms with van der Waals surface area (Å²) in [4.78, 5) is 38.4. The van der Waals surface area contributed by atoms with E-state index in [0.717, 1.165) is 18.4 Å². The van der Waals surface area contributed by atoms with E-state index in [2.05, 4.69) is 5.32 Å². The van der Waals surface area contributed by atoms with Crippen LogP contribution in [0.3, 0.4) is 0 Å². The Balaban J connectivity index is 2.22. The van der Waals surface area contributed by atoms with Gasteiger partial charge in [-0.2, -0.15) is 0 Å². The molecule has 1 saturated heterocycles. The molecule has 28 heavy (non-hydrogen) atoms. The van der Waals surface area contributed by atoms with E-state index in [0.29, 0.717) is 18.0 Å². The van der Waals surface area contributed by atoms with Gasteiger partial charge in [-0.25, -0.2) is 9.59 Å². The summed E-state index contributed by atoms with van der Waals surface area (Å²) in [5.74, 6) is -1.46. The van der Waals surface area contributed by atoms with Crippen molar-refractivity contribution in [1.82, 2.24) is 10.2 Å². The summed E-state index contributed by atoms with van der Waals surface area (Å²) in [6, 6.07) is 5.12. The lowest BCUT2D eigenvalue weighted by Crippen LogP contribution is -2.56. The largest absolute Gasteiger partial charge is 0.480 e. The Hall–Kier alpha value is -2.28. The molecular weight excluding hydrogens is 384 g/mol. The molecular formula is C20H27ClN2O5. The lowest BCUT2D eigenvalue weighted by molar-refractivity contribution is -0.152. The highest BCUT2D eigenvalue weighted by atomic mass is 35.5. The van der Waals surface area contributed by atoms with Gasteiger partial charge in [-0.1, -0.05) is 23.7 Å². The fourth-order valence-corrected chi connectivity index (χ4v) is 3.28. The number of benzene rings is 1. The minimum absolute atomic E-state index is 0.206. The number of likely N-dealkylation sites (tertiary alicyclic amines) is 1. The van der Waals surface area contributed by atoms with Crippen molar-refractivity contribution in [3.8, 4) is 0 Å². The topological polar surface area (TPSA) is 95.9 Å². The third kappa shape index (κ3) is 6.41. The monoisotopic (exact) mass is 410 g/mol. The second-order valence-electron chi connectivity index (χ2n) is 7.91. The van der Waals surface area contributed by atoms with E-state index in [9.17, 15) is 19.5 Å². The van der Waals surface area contributed by atoms with Gasteiger partial charge in [0.1, 0.15) is 17.7 Å². The van der Waals surface area contributed by atoms with Crippen molar-refractivity contribution in [1.29, 1.82) is 0 Å². The highest BCUT2D eigenvalue weighted by Crippen LogP contribution is 2.20. The number of halogens is 1. The Labute approximate surface area is 170 Å². The Bertz CT molecular complexity index is 714. The van der Waals surface area contributed by atoms with E-state index in [1.807, 2.05) is 0 Å². The van der Waals surface area contributed by atoms with E-state index in [1.54, 1.807) is 45.0 Å².